The Kier molecular flexibility index (Phi) is 5.74. The third-order valence-corrected chi connectivity index (χ3v) is 5.49. The summed E-state index contributed by atoms with van der Waals surface area (Å²) in [4.78, 5) is 19.5. The molecule has 0 spiro atoms. The summed E-state index contributed by atoms with van der Waals surface area (Å²) in [5.41, 5.74) is 0.814. The Hall–Kier alpha value is -2.95. The van der Waals surface area contributed by atoms with Crippen molar-refractivity contribution in [2.24, 2.45) is 4.99 Å². The largest absolute Gasteiger partial charge is 0.487 e. The number of likely N-dealkylation sites (tertiary alicyclic amines) is 1. The zero-order valence-electron chi connectivity index (χ0n) is 16.4. The number of rotatable bonds is 6. The van der Waals surface area contributed by atoms with E-state index in [-0.39, 0.29) is 18.3 Å². The minimum absolute atomic E-state index is 0.125. The van der Waals surface area contributed by atoms with Crippen molar-refractivity contribution in [2.45, 2.75) is 44.4 Å². The van der Waals surface area contributed by atoms with E-state index in [1.807, 2.05) is 41.3 Å². The fourth-order valence-electron chi connectivity index (χ4n) is 3.96. The molecule has 0 aliphatic carbocycles. The van der Waals surface area contributed by atoms with Gasteiger partial charge in [-0.2, -0.15) is 0 Å². The Labute approximate surface area is 170 Å². The van der Waals surface area contributed by atoms with Gasteiger partial charge in [-0.1, -0.05) is 55.0 Å². The molecule has 2 heterocycles. The Balaban J connectivity index is 1.60. The van der Waals surface area contributed by atoms with Crippen LogP contribution >= 0.6 is 0 Å². The summed E-state index contributed by atoms with van der Waals surface area (Å²) in [6.07, 6.45) is 7.66. The number of halogens is 1. The smallest absolute Gasteiger partial charge is 0.224 e. The number of amides is 1. The van der Waals surface area contributed by atoms with E-state index in [9.17, 15) is 9.18 Å². The summed E-state index contributed by atoms with van der Waals surface area (Å²) in [5.74, 6) is 0.407. The predicted molar refractivity (Wildman–Crippen MR) is 111 cm³/mol. The lowest BCUT2D eigenvalue weighted by Crippen LogP contribution is -2.50. The molecule has 2 aliphatic heterocycles. The van der Waals surface area contributed by atoms with E-state index in [0.29, 0.717) is 30.7 Å². The number of carbonyl (C=O) groups is 1. The van der Waals surface area contributed by atoms with Crippen molar-refractivity contribution in [1.82, 2.24) is 4.90 Å². The number of hydrogen-bond acceptors (Lipinski definition) is 3. The first-order valence-electron chi connectivity index (χ1n) is 10.1. The van der Waals surface area contributed by atoms with Crippen molar-refractivity contribution < 1.29 is 13.9 Å². The average Bonchev–Trinajstić information content (AvgIpc) is 3.00. The summed E-state index contributed by atoms with van der Waals surface area (Å²) in [7, 11) is 0. The molecular formula is C24H25FN2O2. The number of aliphatic imine (C=N–C) groups is 1. The van der Waals surface area contributed by atoms with Crippen molar-refractivity contribution in [3.8, 4) is 0 Å². The summed E-state index contributed by atoms with van der Waals surface area (Å²) in [5, 5.41) is 0. The highest BCUT2D eigenvalue weighted by Gasteiger charge is 2.41. The normalized spacial score (nSPS) is 21.8. The molecule has 1 saturated heterocycles. The highest BCUT2D eigenvalue weighted by molar-refractivity contribution is 5.83. The molecule has 4 nitrogen and oxygen atoms in total. The minimum atomic E-state index is -0.784. The van der Waals surface area contributed by atoms with E-state index in [1.54, 1.807) is 24.4 Å². The van der Waals surface area contributed by atoms with Crippen LogP contribution in [0.2, 0.25) is 0 Å². The summed E-state index contributed by atoms with van der Waals surface area (Å²) in [6.45, 7) is 0.806. The fraction of sp³-hybridized carbons (Fsp3) is 0.333. The van der Waals surface area contributed by atoms with Gasteiger partial charge in [-0.05, 0) is 24.5 Å². The monoisotopic (exact) mass is 392 g/mol. The number of allylic oxidation sites excluding steroid dienone is 1. The molecule has 4 rings (SSSR count). The third-order valence-electron chi connectivity index (χ3n) is 5.49. The van der Waals surface area contributed by atoms with E-state index in [1.165, 1.54) is 6.07 Å². The van der Waals surface area contributed by atoms with Gasteiger partial charge in [-0.25, -0.2) is 4.39 Å². The highest BCUT2D eigenvalue weighted by atomic mass is 19.1. The molecule has 2 aliphatic rings. The first kappa shape index (κ1) is 19.4. The van der Waals surface area contributed by atoms with Gasteiger partial charge in [-0.15, -0.1) is 0 Å². The minimum Gasteiger partial charge on any atom is -0.487 e. The van der Waals surface area contributed by atoms with Gasteiger partial charge in [0.15, 0.2) is 5.66 Å². The quantitative estimate of drug-likeness (QED) is 0.718. The highest BCUT2D eigenvalue weighted by Crippen LogP contribution is 2.33. The van der Waals surface area contributed by atoms with E-state index in [2.05, 4.69) is 0 Å². The molecule has 1 atom stereocenters. The van der Waals surface area contributed by atoms with Gasteiger partial charge in [0, 0.05) is 31.0 Å². The van der Waals surface area contributed by atoms with Crippen LogP contribution in [0.1, 0.15) is 36.8 Å². The maximum atomic E-state index is 13.9. The molecule has 150 valence electrons. The van der Waals surface area contributed by atoms with Gasteiger partial charge in [0.1, 0.15) is 18.2 Å². The van der Waals surface area contributed by atoms with Crippen molar-refractivity contribution in [3.05, 3.63) is 83.4 Å². The van der Waals surface area contributed by atoms with E-state index >= 15 is 0 Å². The van der Waals surface area contributed by atoms with E-state index in [4.69, 9.17) is 9.73 Å². The van der Waals surface area contributed by atoms with Crippen molar-refractivity contribution >= 4 is 12.1 Å². The zero-order valence-corrected chi connectivity index (χ0v) is 16.4. The van der Waals surface area contributed by atoms with Crippen LogP contribution in [0, 0.1) is 5.82 Å². The van der Waals surface area contributed by atoms with Crippen molar-refractivity contribution in [3.63, 3.8) is 0 Å². The molecule has 5 heteroatoms. The van der Waals surface area contributed by atoms with Gasteiger partial charge in [0.2, 0.25) is 5.91 Å². The Bertz CT molecular complexity index is 925. The van der Waals surface area contributed by atoms with Crippen LogP contribution in [0.5, 0.6) is 0 Å². The molecule has 1 amide bonds. The third kappa shape index (κ3) is 4.39. The number of carbonyl (C=O) groups excluding carboxylic acids is 1. The van der Waals surface area contributed by atoms with Crippen LogP contribution in [-0.2, 0) is 22.6 Å². The Morgan fingerprint density at radius 1 is 1.03 bits per heavy atom. The molecule has 0 bridgehead atoms. The molecular weight excluding hydrogens is 367 g/mol. The average molecular weight is 392 g/mol. The number of hydrogen-bond donors (Lipinski definition) is 0. The van der Waals surface area contributed by atoms with Crippen LogP contribution in [0.15, 0.2) is 71.4 Å². The van der Waals surface area contributed by atoms with Gasteiger partial charge in [0.25, 0.3) is 0 Å². The van der Waals surface area contributed by atoms with E-state index in [0.717, 1.165) is 24.8 Å². The second-order valence-corrected chi connectivity index (χ2v) is 7.58. The van der Waals surface area contributed by atoms with Gasteiger partial charge >= 0.3 is 0 Å². The first-order valence-corrected chi connectivity index (χ1v) is 10.1. The van der Waals surface area contributed by atoms with Crippen LogP contribution < -0.4 is 0 Å². The lowest BCUT2D eigenvalue weighted by Gasteiger charge is -2.37. The Morgan fingerprint density at radius 3 is 2.66 bits per heavy atom. The maximum absolute atomic E-state index is 13.9. The number of nitrogens with zero attached hydrogens (tertiary/aromatic N) is 2. The van der Waals surface area contributed by atoms with Crippen LogP contribution in [0.4, 0.5) is 4.39 Å². The summed E-state index contributed by atoms with van der Waals surface area (Å²) < 4.78 is 19.8. The molecule has 0 radical (unpaired) electrons. The molecule has 0 saturated carbocycles. The maximum Gasteiger partial charge on any atom is 0.224 e. The standard InChI is InChI=1S/C24H25FN2O2/c25-22-12-7-6-11-20(22)18-29-21-16-24(26-17-21,15-19-9-3-1-4-10-19)27-14-8-2-5-13-23(27)28/h1,3-4,6-7,9-12,16-17H,2,5,8,13-15,18H2. The van der Waals surface area contributed by atoms with E-state index < -0.39 is 5.66 Å². The molecule has 1 unspecified atom stereocenters. The number of ether oxygens (including phenoxy) is 1. The SMILES string of the molecule is O=C1CCCCCN1C1(Cc2ccccc2)C=C(OCc2ccccc2F)C=N1. The van der Waals surface area contributed by atoms with Crippen LogP contribution in [0.3, 0.4) is 0 Å². The zero-order chi connectivity index (χ0) is 20.1. The predicted octanol–water partition coefficient (Wildman–Crippen LogP) is 4.65. The van der Waals surface area contributed by atoms with Gasteiger partial charge in [-0.3, -0.25) is 9.79 Å². The second kappa shape index (κ2) is 8.60. The Morgan fingerprint density at radius 2 is 1.83 bits per heavy atom. The lowest BCUT2D eigenvalue weighted by atomic mass is 9.97. The first-order chi connectivity index (χ1) is 14.2. The molecule has 2 aromatic carbocycles. The van der Waals surface area contributed by atoms with Crippen molar-refractivity contribution in [2.75, 3.05) is 6.54 Å². The fourth-order valence-corrected chi connectivity index (χ4v) is 3.96. The second-order valence-electron chi connectivity index (χ2n) is 7.58. The van der Waals surface area contributed by atoms with Crippen LogP contribution in [0.25, 0.3) is 0 Å². The molecule has 0 aromatic heterocycles. The van der Waals surface area contributed by atoms with Crippen LogP contribution in [-0.4, -0.2) is 29.2 Å². The van der Waals surface area contributed by atoms with Gasteiger partial charge in [0.05, 0.1) is 6.21 Å². The lowest BCUT2D eigenvalue weighted by molar-refractivity contribution is -0.135. The molecule has 29 heavy (non-hydrogen) atoms. The topological polar surface area (TPSA) is 41.9 Å². The molecule has 1 fully saturated rings. The summed E-state index contributed by atoms with van der Waals surface area (Å²) in [6, 6.07) is 16.6. The molecule has 0 N–H and O–H groups in total. The number of benzene rings is 2. The van der Waals surface area contributed by atoms with Crippen molar-refractivity contribution in [1.29, 1.82) is 0 Å². The molecule has 2 aromatic rings. The van der Waals surface area contributed by atoms with Gasteiger partial charge < -0.3 is 9.64 Å². The summed E-state index contributed by atoms with van der Waals surface area (Å²) >= 11 is 0.